The van der Waals surface area contributed by atoms with Gasteiger partial charge in [-0.15, -0.1) is 6.42 Å². The number of carbonyl (C=O) groups is 1. The van der Waals surface area contributed by atoms with E-state index in [0.717, 1.165) is 0 Å². The summed E-state index contributed by atoms with van der Waals surface area (Å²) in [5.74, 6) is 2.33. The number of aliphatic hydroxyl groups excluding tert-OH is 1. The summed E-state index contributed by atoms with van der Waals surface area (Å²) in [5, 5.41) is 13.8. The van der Waals surface area contributed by atoms with E-state index in [-0.39, 0.29) is 6.61 Å². The maximum absolute atomic E-state index is 11.9. The lowest BCUT2D eigenvalue weighted by Crippen LogP contribution is -2.25. The molecular weight excluding hydrogens is 292 g/mol. The Balaban J connectivity index is 1.99. The van der Waals surface area contributed by atoms with Crippen molar-refractivity contribution in [3.8, 4) is 18.1 Å². The monoisotopic (exact) mass is 308 g/mol. The maximum atomic E-state index is 11.9. The van der Waals surface area contributed by atoms with Gasteiger partial charge in [-0.05, 0) is 17.7 Å². The number of para-hydroxylation sites is 1. The normalized spacial score (nSPS) is 11.7. The number of terminal acetylenes is 1. The molecule has 0 aliphatic heterocycles. The zero-order chi connectivity index (χ0) is 16.5. The number of hydrazone groups is 1. The number of aliphatic hydroxyl groups is 1. The molecule has 23 heavy (non-hydrogen) atoms. The third kappa shape index (κ3) is 4.70. The van der Waals surface area contributed by atoms with Gasteiger partial charge in [0.2, 0.25) is 0 Å². The van der Waals surface area contributed by atoms with Gasteiger partial charge in [-0.1, -0.05) is 48.4 Å². The predicted molar refractivity (Wildman–Crippen MR) is 87.9 cm³/mol. The summed E-state index contributed by atoms with van der Waals surface area (Å²) in [6, 6.07) is 15.8. The number of ether oxygens (including phenoxy) is 1. The number of amides is 1. The zero-order valence-corrected chi connectivity index (χ0v) is 12.3. The van der Waals surface area contributed by atoms with Gasteiger partial charge in [-0.3, -0.25) is 4.79 Å². The molecule has 2 N–H and O–H groups in total. The van der Waals surface area contributed by atoms with Crippen molar-refractivity contribution in [2.24, 2.45) is 5.10 Å². The summed E-state index contributed by atoms with van der Waals surface area (Å²) in [6.45, 7) is 0.143. The fourth-order valence-corrected chi connectivity index (χ4v) is 1.85. The summed E-state index contributed by atoms with van der Waals surface area (Å²) < 4.78 is 5.37. The van der Waals surface area contributed by atoms with Crippen molar-refractivity contribution in [1.29, 1.82) is 0 Å². The van der Waals surface area contributed by atoms with Gasteiger partial charge in [-0.25, -0.2) is 5.43 Å². The molecule has 2 aromatic rings. The highest BCUT2D eigenvalue weighted by atomic mass is 16.5. The van der Waals surface area contributed by atoms with E-state index < -0.39 is 12.0 Å². The highest BCUT2D eigenvalue weighted by Gasteiger charge is 2.15. The number of carbonyl (C=O) groups excluding carboxylic acids is 1. The van der Waals surface area contributed by atoms with E-state index in [2.05, 4.69) is 16.4 Å². The lowest BCUT2D eigenvalue weighted by molar-refractivity contribution is -0.129. The molecule has 0 bridgehead atoms. The molecule has 1 atom stereocenters. The Morgan fingerprint density at radius 1 is 1.26 bits per heavy atom. The molecule has 5 nitrogen and oxygen atoms in total. The van der Waals surface area contributed by atoms with E-state index in [1.807, 2.05) is 6.07 Å². The van der Waals surface area contributed by atoms with Crippen LogP contribution in [-0.2, 0) is 4.79 Å². The third-order valence-corrected chi connectivity index (χ3v) is 2.97. The van der Waals surface area contributed by atoms with Crippen molar-refractivity contribution in [2.45, 2.75) is 6.10 Å². The van der Waals surface area contributed by atoms with Crippen LogP contribution in [0.5, 0.6) is 5.75 Å². The summed E-state index contributed by atoms with van der Waals surface area (Å²) in [7, 11) is 0. The second-order valence-corrected chi connectivity index (χ2v) is 4.58. The minimum absolute atomic E-state index is 0.143. The lowest BCUT2D eigenvalue weighted by atomic mass is 10.1. The molecule has 1 amide bonds. The number of nitrogens with zero attached hydrogens (tertiary/aromatic N) is 1. The molecule has 0 aromatic heterocycles. The number of benzene rings is 2. The van der Waals surface area contributed by atoms with Crippen LogP contribution in [0.3, 0.4) is 0 Å². The van der Waals surface area contributed by atoms with Gasteiger partial charge < -0.3 is 9.84 Å². The van der Waals surface area contributed by atoms with E-state index in [1.165, 1.54) is 6.21 Å². The third-order valence-electron chi connectivity index (χ3n) is 2.97. The Labute approximate surface area is 134 Å². The Morgan fingerprint density at radius 2 is 1.96 bits per heavy atom. The molecule has 0 spiro atoms. The van der Waals surface area contributed by atoms with Crippen LogP contribution in [0.25, 0.3) is 0 Å². The van der Waals surface area contributed by atoms with E-state index in [4.69, 9.17) is 11.2 Å². The van der Waals surface area contributed by atoms with Crippen molar-refractivity contribution < 1.29 is 14.6 Å². The van der Waals surface area contributed by atoms with Crippen LogP contribution in [-0.4, -0.2) is 23.8 Å². The van der Waals surface area contributed by atoms with Crippen LogP contribution in [0.1, 0.15) is 17.2 Å². The van der Waals surface area contributed by atoms with Crippen molar-refractivity contribution >= 4 is 12.1 Å². The van der Waals surface area contributed by atoms with Crippen molar-refractivity contribution in [2.75, 3.05) is 6.61 Å². The molecule has 0 radical (unpaired) electrons. The SMILES string of the molecule is C#CCOc1ccccc1/C=N\NC(=O)[C@@H](O)c1ccccc1. The minimum Gasteiger partial charge on any atom is -0.480 e. The summed E-state index contributed by atoms with van der Waals surface area (Å²) in [5.41, 5.74) is 3.46. The fraction of sp³-hybridized carbons (Fsp3) is 0.111. The molecule has 0 unspecified atom stereocenters. The number of hydrogen-bond donors (Lipinski definition) is 2. The molecular formula is C18H16N2O3. The first-order valence-corrected chi connectivity index (χ1v) is 6.93. The minimum atomic E-state index is -1.28. The molecule has 0 aliphatic carbocycles. The summed E-state index contributed by atoms with van der Waals surface area (Å²) in [6.07, 6.45) is 5.32. The first-order chi connectivity index (χ1) is 11.2. The van der Waals surface area contributed by atoms with Gasteiger partial charge >= 0.3 is 0 Å². The number of hydrogen-bond acceptors (Lipinski definition) is 4. The van der Waals surface area contributed by atoms with Gasteiger partial charge in [0, 0.05) is 5.56 Å². The smallest absolute Gasteiger partial charge is 0.273 e. The largest absolute Gasteiger partial charge is 0.480 e. The summed E-state index contributed by atoms with van der Waals surface area (Å²) >= 11 is 0. The second-order valence-electron chi connectivity index (χ2n) is 4.58. The van der Waals surface area contributed by atoms with Crippen molar-refractivity contribution in [3.63, 3.8) is 0 Å². The van der Waals surface area contributed by atoms with E-state index in [9.17, 15) is 9.90 Å². The Kier molecular flexibility index (Phi) is 5.92. The molecule has 2 aromatic carbocycles. The van der Waals surface area contributed by atoms with Crippen LogP contribution in [0.15, 0.2) is 59.7 Å². The first-order valence-electron chi connectivity index (χ1n) is 6.93. The first kappa shape index (κ1) is 16.3. The van der Waals surface area contributed by atoms with Gasteiger partial charge in [0.1, 0.15) is 12.4 Å². The molecule has 0 fully saturated rings. The van der Waals surface area contributed by atoms with E-state index in [1.54, 1.807) is 48.5 Å². The lowest BCUT2D eigenvalue weighted by Gasteiger charge is -2.09. The highest BCUT2D eigenvalue weighted by Crippen LogP contribution is 2.15. The van der Waals surface area contributed by atoms with Gasteiger partial charge in [0.05, 0.1) is 6.21 Å². The fourth-order valence-electron chi connectivity index (χ4n) is 1.85. The number of nitrogens with one attached hydrogen (secondary N) is 1. The molecule has 2 rings (SSSR count). The van der Waals surface area contributed by atoms with E-state index >= 15 is 0 Å². The number of rotatable bonds is 6. The zero-order valence-electron chi connectivity index (χ0n) is 12.3. The average Bonchev–Trinajstić information content (AvgIpc) is 2.61. The van der Waals surface area contributed by atoms with Crippen LogP contribution >= 0.6 is 0 Å². The van der Waals surface area contributed by atoms with Gasteiger partial charge in [0.15, 0.2) is 6.10 Å². The Morgan fingerprint density at radius 3 is 2.70 bits per heavy atom. The van der Waals surface area contributed by atoms with Crippen LogP contribution < -0.4 is 10.2 Å². The van der Waals surface area contributed by atoms with Gasteiger partial charge in [0.25, 0.3) is 5.91 Å². The molecule has 0 saturated carbocycles. The summed E-state index contributed by atoms with van der Waals surface area (Å²) in [4.78, 5) is 11.9. The quantitative estimate of drug-likeness (QED) is 0.486. The van der Waals surface area contributed by atoms with Gasteiger partial charge in [-0.2, -0.15) is 5.10 Å². The van der Waals surface area contributed by atoms with Crippen molar-refractivity contribution in [3.05, 3.63) is 65.7 Å². The van der Waals surface area contributed by atoms with E-state index in [0.29, 0.717) is 16.9 Å². The molecule has 0 aliphatic rings. The molecule has 5 heteroatoms. The molecule has 0 saturated heterocycles. The highest BCUT2D eigenvalue weighted by molar-refractivity contribution is 5.86. The average molecular weight is 308 g/mol. The maximum Gasteiger partial charge on any atom is 0.273 e. The van der Waals surface area contributed by atoms with Crippen LogP contribution in [0.4, 0.5) is 0 Å². The standard InChI is InChI=1S/C18H16N2O3/c1-2-12-23-16-11-7-6-10-15(16)13-19-20-18(22)17(21)14-8-4-3-5-9-14/h1,3-11,13,17,21H,12H2,(H,20,22)/b19-13-/t17-/m0/s1. The Bertz CT molecular complexity index is 721. The topological polar surface area (TPSA) is 70.9 Å². The van der Waals surface area contributed by atoms with Crippen LogP contribution in [0.2, 0.25) is 0 Å². The Hall–Kier alpha value is -3.10. The predicted octanol–water partition coefficient (Wildman–Crippen LogP) is 1.88. The van der Waals surface area contributed by atoms with Crippen molar-refractivity contribution in [1.82, 2.24) is 5.43 Å². The second kappa shape index (κ2) is 8.37. The molecule has 0 heterocycles. The van der Waals surface area contributed by atoms with Crippen LogP contribution in [0, 0.1) is 12.3 Å². The molecule has 116 valence electrons.